The van der Waals surface area contributed by atoms with Gasteiger partial charge >= 0.3 is 0 Å². The van der Waals surface area contributed by atoms with E-state index in [9.17, 15) is 14.4 Å². The molecule has 1 fully saturated rings. The van der Waals surface area contributed by atoms with Crippen LogP contribution in [0, 0.1) is 0 Å². The minimum absolute atomic E-state index is 0.113. The maximum atomic E-state index is 12.1. The highest BCUT2D eigenvalue weighted by molar-refractivity contribution is 8.15. The summed E-state index contributed by atoms with van der Waals surface area (Å²) in [7, 11) is 0. The lowest BCUT2D eigenvalue weighted by Crippen LogP contribution is -2.25. The van der Waals surface area contributed by atoms with Gasteiger partial charge in [-0.15, -0.1) is 0 Å². The molecule has 7 heteroatoms. The van der Waals surface area contributed by atoms with E-state index in [0.29, 0.717) is 22.8 Å². The van der Waals surface area contributed by atoms with Gasteiger partial charge < -0.3 is 4.74 Å². The van der Waals surface area contributed by atoms with Crippen molar-refractivity contribution in [1.82, 2.24) is 5.32 Å². The van der Waals surface area contributed by atoms with Crippen LogP contribution in [0.2, 0.25) is 5.02 Å². The average molecular weight is 376 g/mol. The third-order valence-corrected chi connectivity index (χ3v) is 4.97. The average Bonchev–Trinajstić information content (AvgIpc) is 2.91. The van der Waals surface area contributed by atoms with Crippen molar-refractivity contribution in [3.8, 4) is 5.75 Å². The number of hydrogen-bond acceptors (Lipinski definition) is 5. The van der Waals surface area contributed by atoms with E-state index in [0.717, 1.165) is 17.3 Å². The first-order valence-electron chi connectivity index (χ1n) is 7.54. The van der Waals surface area contributed by atoms with Crippen molar-refractivity contribution < 1.29 is 19.1 Å². The lowest BCUT2D eigenvalue weighted by molar-refractivity contribution is -0.118. The highest BCUT2D eigenvalue weighted by atomic mass is 35.5. The van der Waals surface area contributed by atoms with Crippen molar-refractivity contribution >= 4 is 40.3 Å². The normalized spacial score (nSPS) is 16.6. The number of amides is 2. The first-order chi connectivity index (χ1) is 12.0. The van der Waals surface area contributed by atoms with E-state index in [4.69, 9.17) is 16.3 Å². The van der Waals surface area contributed by atoms with E-state index in [1.165, 1.54) is 0 Å². The Morgan fingerprint density at radius 3 is 2.48 bits per heavy atom. The van der Waals surface area contributed by atoms with Gasteiger partial charge in [-0.25, -0.2) is 0 Å². The SMILES string of the molecule is O=C1NC(=O)C(Cc2ccc(OCC(=O)c3ccccc3Cl)cc2)S1. The second kappa shape index (κ2) is 7.72. The Hall–Kier alpha value is -2.31. The fraction of sp³-hybridized carbons (Fsp3) is 0.167. The number of carbonyl (C=O) groups excluding carboxylic acids is 3. The molecule has 128 valence electrons. The second-order valence-corrected chi connectivity index (χ2v) is 7.01. The Kier molecular flexibility index (Phi) is 5.40. The van der Waals surface area contributed by atoms with Gasteiger partial charge in [0.1, 0.15) is 5.75 Å². The molecule has 2 aromatic rings. The number of ether oxygens (including phenoxy) is 1. The Morgan fingerprint density at radius 1 is 1.12 bits per heavy atom. The van der Waals surface area contributed by atoms with E-state index in [-0.39, 0.29) is 23.5 Å². The van der Waals surface area contributed by atoms with Gasteiger partial charge in [0, 0.05) is 5.56 Å². The second-order valence-electron chi connectivity index (χ2n) is 5.42. The summed E-state index contributed by atoms with van der Waals surface area (Å²) in [6, 6.07) is 13.9. The summed E-state index contributed by atoms with van der Waals surface area (Å²) in [6.45, 7) is -0.113. The van der Waals surface area contributed by atoms with E-state index < -0.39 is 5.25 Å². The fourth-order valence-corrected chi connectivity index (χ4v) is 3.48. The predicted octanol–water partition coefficient (Wildman–Crippen LogP) is 3.50. The summed E-state index contributed by atoms with van der Waals surface area (Å²) < 4.78 is 5.49. The number of carbonyl (C=O) groups is 3. The molecule has 1 unspecified atom stereocenters. The molecule has 0 aromatic heterocycles. The van der Waals surface area contributed by atoms with Gasteiger partial charge in [-0.1, -0.05) is 47.6 Å². The topological polar surface area (TPSA) is 72.5 Å². The molecule has 2 amide bonds. The molecule has 1 aliphatic heterocycles. The highest BCUT2D eigenvalue weighted by Crippen LogP contribution is 2.24. The molecule has 25 heavy (non-hydrogen) atoms. The molecule has 3 rings (SSSR count). The van der Waals surface area contributed by atoms with Gasteiger partial charge in [0.25, 0.3) is 5.24 Å². The standard InChI is InChI=1S/C18H14ClNO4S/c19-14-4-2-1-3-13(14)15(21)10-24-12-7-5-11(6-8-12)9-16-17(22)20-18(23)25-16/h1-8,16H,9-10H2,(H,20,22,23). The molecule has 0 saturated carbocycles. The zero-order valence-electron chi connectivity index (χ0n) is 13.0. The Morgan fingerprint density at radius 2 is 1.84 bits per heavy atom. The Bertz CT molecular complexity index is 822. The van der Waals surface area contributed by atoms with Gasteiger partial charge in [0.05, 0.1) is 10.3 Å². The van der Waals surface area contributed by atoms with Crippen LogP contribution < -0.4 is 10.1 Å². The summed E-state index contributed by atoms with van der Waals surface area (Å²) in [6.07, 6.45) is 0.459. The molecule has 5 nitrogen and oxygen atoms in total. The highest BCUT2D eigenvalue weighted by Gasteiger charge is 2.31. The fourth-order valence-electron chi connectivity index (χ4n) is 2.38. The summed E-state index contributed by atoms with van der Waals surface area (Å²) in [5.74, 6) is 0.0802. The molecule has 0 radical (unpaired) electrons. The summed E-state index contributed by atoms with van der Waals surface area (Å²) in [5, 5.41) is 1.95. The molecule has 1 saturated heterocycles. The molecule has 0 aliphatic carbocycles. The van der Waals surface area contributed by atoms with Crippen LogP contribution in [0.5, 0.6) is 5.75 Å². The third-order valence-electron chi connectivity index (χ3n) is 3.66. The Balaban J connectivity index is 1.56. The maximum absolute atomic E-state index is 12.1. The summed E-state index contributed by atoms with van der Waals surface area (Å²) in [4.78, 5) is 34.9. The smallest absolute Gasteiger partial charge is 0.286 e. The van der Waals surface area contributed by atoms with Gasteiger partial charge in [-0.3, -0.25) is 19.7 Å². The van der Waals surface area contributed by atoms with Crippen molar-refractivity contribution in [2.75, 3.05) is 6.61 Å². The van der Waals surface area contributed by atoms with Crippen LogP contribution >= 0.6 is 23.4 Å². The molecule has 0 bridgehead atoms. The first-order valence-corrected chi connectivity index (χ1v) is 8.79. The van der Waals surface area contributed by atoms with Gasteiger partial charge in [0.15, 0.2) is 6.61 Å². The number of thioether (sulfide) groups is 1. The number of nitrogens with one attached hydrogen (secondary N) is 1. The zero-order valence-corrected chi connectivity index (χ0v) is 14.6. The van der Waals surface area contributed by atoms with Crippen LogP contribution in [0.15, 0.2) is 48.5 Å². The number of imide groups is 1. The van der Waals surface area contributed by atoms with Crippen molar-refractivity contribution in [2.45, 2.75) is 11.7 Å². The maximum Gasteiger partial charge on any atom is 0.286 e. The van der Waals surface area contributed by atoms with Crippen LogP contribution in [-0.2, 0) is 11.2 Å². The molecular weight excluding hydrogens is 362 g/mol. The van der Waals surface area contributed by atoms with Gasteiger partial charge in [-0.2, -0.15) is 0 Å². The number of ketones is 1. The number of halogens is 1. The van der Waals surface area contributed by atoms with Crippen LogP contribution in [0.4, 0.5) is 4.79 Å². The zero-order chi connectivity index (χ0) is 17.8. The third kappa shape index (κ3) is 4.41. The molecule has 1 N–H and O–H groups in total. The first kappa shape index (κ1) is 17.5. The van der Waals surface area contributed by atoms with E-state index in [2.05, 4.69) is 5.32 Å². The van der Waals surface area contributed by atoms with Gasteiger partial charge in [-0.05, 0) is 36.2 Å². The number of benzene rings is 2. The number of hydrogen-bond donors (Lipinski definition) is 1. The molecule has 2 aromatic carbocycles. The van der Waals surface area contributed by atoms with E-state index in [1.54, 1.807) is 36.4 Å². The lowest BCUT2D eigenvalue weighted by Gasteiger charge is -2.09. The summed E-state index contributed by atoms with van der Waals surface area (Å²) in [5.41, 5.74) is 1.34. The van der Waals surface area contributed by atoms with Crippen LogP contribution in [0.25, 0.3) is 0 Å². The summed E-state index contributed by atoms with van der Waals surface area (Å²) >= 11 is 6.99. The molecule has 0 spiro atoms. The number of Topliss-reactive ketones (excluding diaryl/α,β-unsaturated/α-hetero) is 1. The largest absolute Gasteiger partial charge is 0.485 e. The van der Waals surface area contributed by atoms with Crippen LogP contribution in [0.3, 0.4) is 0 Å². The lowest BCUT2D eigenvalue weighted by atomic mass is 10.1. The minimum Gasteiger partial charge on any atom is -0.485 e. The minimum atomic E-state index is -0.402. The van der Waals surface area contributed by atoms with Crippen molar-refractivity contribution in [1.29, 1.82) is 0 Å². The van der Waals surface area contributed by atoms with E-state index >= 15 is 0 Å². The van der Waals surface area contributed by atoms with Crippen molar-refractivity contribution in [3.63, 3.8) is 0 Å². The molecule has 1 aliphatic rings. The van der Waals surface area contributed by atoms with Crippen molar-refractivity contribution in [2.24, 2.45) is 0 Å². The quantitative estimate of drug-likeness (QED) is 0.782. The Labute approximate surface area is 153 Å². The van der Waals surface area contributed by atoms with Crippen LogP contribution in [-0.4, -0.2) is 28.8 Å². The van der Waals surface area contributed by atoms with Crippen molar-refractivity contribution in [3.05, 3.63) is 64.7 Å². The van der Waals surface area contributed by atoms with Gasteiger partial charge in [0.2, 0.25) is 11.7 Å². The predicted molar refractivity (Wildman–Crippen MR) is 96.3 cm³/mol. The molecular formula is C18H14ClNO4S. The molecule has 1 atom stereocenters. The monoisotopic (exact) mass is 375 g/mol. The van der Waals surface area contributed by atoms with E-state index in [1.807, 2.05) is 12.1 Å². The van der Waals surface area contributed by atoms with Crippen LogP contribution in [0.1, 0.15) is 15.9 Å². The molecule has 1 heterocycles. The number of rotatable bonds is 6.